The highest BCUT2D eigenvalue weighted by atomic mass is 31.2. The van der Waals surface area contributed by atoms with E-state index in [4.69, 9.17) is 6.42 Å². The van der Waals surface area contributed by atoms with E-state index in [0.29, 0.717) is 0 Å². The number of hydrogen-bond donors (Lipinski definition) is 0. The van der Waals surface area contributed by atoms with Crippen molar-refractivity contribution < 1.29 is 13.6 Å². The first kappa shape index (κ1) is 8.71. The lowest BCUT2D eigenvalue weighted by atomic mass is 10.8. The lowest BCUT2D eigenvalue weighted by Gasteiger charge is -2.07. The molecule has 0 aromatic heterocycles. The fourth-order valence-electron chi connectivity index (χ4n) is 0.207. The van der Waals surface area contributed by atoms with E-state index in [9.17, 15) is 4.57 Å². The Morgan fingerprint density at radius 3 is 2.67 bits per heavy atom. The first-order chi connectivity index (χ1) is 4.12. The fraction of sp³-hybridized carbons (Fsp3) is 0.600. The fourth-order valence-corrected chi connectivity index (χ4v) is 0.622. The molecule has 1 unspecified atom stereocenters. The van der Waals surface area contributed by atoms with Gasteiger partial charge >= 0.3 is 7.60 Å². The Balaban J connectivity index is 3.63. The van der Waals surface area contributed by atoms with E-state index in [0.717, 1.165) is 0 Å². The molecule has 0 saturated heterocycles. The summed E-state index contributed by atoms with van der Waals surface area (Å²) in [4.78, 5) is 0. The van der Waals surface area contributed by atoms with Gasteiger partial charge in [0, 0.05) is 13.8 Å². The molecule has 0 rings (SSSR count). The normalized spacial score (nSPS) is 16.1. The van der Waals surface area contributed by atoms with Gasteiger partial charge in [-0.05, 0) is 0 Å². The van der Waals surface area contributed by atoms with Crippen LogP contribution >= 0.6 is 7.60 Å². The van der Waals surface area contributed by atoms with Crippen LogP contribution < -0.4 is 0 Å². The summed E-state index contributed by atoms with van der Waals surface area (Å²) in [5.41, 5.74) is 0. The highest BCUT2D eigenvalue weighted by Crippen LogP contribution is 2.41. The molecule has 0 amide bonds. The van der Waals surface area contributed by atoms with Crippen molar-refractivity contribution >= 4 is 7.60 Å². The van der Waals surface area contributed by atoms with E-state index in [1.165, 1.54) is 13.8 Å². The molecule has 0 radical (unpaired) electrons. The lowest BCUT2D eigenvalue weighted by Crippen LogP contribution is -1.90. The van der Waals surface area contributed by atoms with E-state index in [2.05, 4.69) is 15.0 Å². The van der Waals surface area contributed by atoms with Crippen LogP contribution in [0.5, 0.6) is 0 Å². The quantitative estimate of drug-likeness (QED) is 0.444. The smallest absolute Gasteiger partial charge is 0.312 e. The third-order valence-electron chi connectivity index (χ3n) is 0.714. The third kappa shape index (κ3) is 4.23. The van der Waals surface area contributed by atoms with Crippen molar-refractivity contribution in [3.8, 4) is 12.3 Å². The largest absolute Gasteiger partial charge is 0.328 e. The van der Waals surface area contributed by atoms with Crippen molar-refractivity contribution in [1.29, 1.82) is 0 Å². The van der Waals surface area contributed by atoms with E-state index >= 15 is 0 Å². The standard InChI is InChI=1S/C5H9O3P/c1-4-5-8-9(3,6)7-2/h1H,5H2,2-3H3. The predicted octanol–water partition coefficient (Wildman–Crippen LogP) is 1.11. The zero-order valence-corrected chi connectivity index (χ0v) is 6.35. The first-order valence-electron chi connectivity index (χ1n) is 2.33. The SMILES string of the molecule is C#CCOP(C)(=O)OC. The van der Waals surface area contributed by atoms with Crippen LogP contribution in [0.4, 0.5) is 0 Å². The Morgan fingerprint density at radius 1 is 1.78 bits per heavy atom. The summed E-state index contributed by atoms with van der Waals surface area (Å²) in [5, 5.41) is 0. The van der Waals surface area contributed by atoms with Crippen molar-refractivity contribution in [2.75, 3.05) is 20.4 Å². The van der Waals surface area contributed by atoms with E-state index in [-0.39, 0.29) is 6.61 Å². The van der Waals surface area contributed by atoms with Gasteiger partial charge in [-0.3, -0.25) is 9.09 Å². The highest BCUT2D eigenvalue weighted by Gasteiger charge is 2.11. The Morgan fingerprint density at radius 2 is 2.33 bits per heavy atom. The number of terminal acetylenes is 1. The number of hydrogen-bond acceptors (Lipinski definition) is 3. The molecule has 0 N–H and O–H groups in total. The van der Waals surface area contributed by atoms with Crippen LogP contribution in [0.25, 0.3) is 0 Å². The monoisotopic (exact) mass is 148 g/mol. The van der Waals surface area contributed by atoms with Gasteiger partial charge in [0.05, 0.1) is 0 Å². The van der Waals surface area contributed by atoms with Crippen LogP contribution in [0.1, 0.15) is 0 Å². The molecule has 0 aliphatic heterocycles. The molecule has 52 valence electrons. The molecule has 0 saturated carbocycles. The zero-order valence-electron chi connectivity index (χ0n) is 5.46. The molecule has 4 heteroatoms. The average molecular weight is 148 g/mol. The second-order valence-electron chi connectivity index (χ2n) is 1.43. The molecule has 0 aromatic carbocycles. The topological polar surface area (TPSA) is 35.5 Å². The van der Waals surface area contributed by atoms with Gasteiger partial charge in [-0.15, -0.1) is 6.42 Å². The van der Waals surface area contributed by atoms with Crippen LogP contribution in [0, 0.1) is 12.3 Å². The maximum Gasteiger partial charge on any atom is 0.328 e. The van der Waals surface area contributed by atoms with Crippen molar-refractivity contribution in [2.24, 2.45) is 0 Å². The molecule has 0 aliphatic rings. The van der Waals surface area contributed by atoms with Gasteiger partial charge in [0.2, 0.25) is 0 Å². The van der Waals surface area contributed by atoms with Gasteiger partial charge in [0.15, 0.2) is 0 Å². The summed E-state index contributed by atoms with van der Waals surface area (Å²) in [6.07, 6.45) is 4.84. The van der Waals surface area contributed by atoms with Crippen LogP contribution in [0.15, 0.2) is 0 Å². The summed E-state index contributed by atoms with van der Waals surface area (Å²) in [5.74, 6) is 2.18. The minimum Gasteiger partial charge on any atom is -0.312 e. The predicted molar refractivity (Wildman–Crippen MR) is 35.3 cm³/mol. The molecule has 3 nitrogen and oxygen atoms in total. The van der Waals surface area contributed by atoms with Crippen LogP contribution in [0.2, 0.25) is 0 Å². The molecule has 0 heterocycles. The highest BCUT2D eigenvalue weighted by molar-refractivity contribution is 7.52. The van der Waals surface area contributed by atoms with E-state index in [1.54, 1.807) is 0 Å². The van der Waals surface area contributed by atoms with Crippen LogP contribution in [-0.2, 0) is 13.6 Å². The summed E-state index contributed by atoms with van der Waals surface area (Å²) in [6, 6.07) is 0. The van der Waals surface area contributed by atoms with Gasteiger partial charge in [-0.1, -0.05) is 5.92 Å². The Labute approximate surface area is 54.9 Å². The van der Waals surface area contributed by atoms with Crippen molar-refractivity contribution in [2.45, 2.75) is 0 Å². The maximum atomic E-state index is 10.8. The molecule has 0 spiro atoms. The maximum absolute atomic E-state index is 10.8. The van der Waals surface area contributed by atoms with Gasteiger partial charge in [0.25, 0.3) is 0 Å². The van der Waals surface area contributed by atoms with E-state index < -0.39 is 7.60 Å². The second-order valence-corrected chi connectivity index (χ2v) is 3.60. The van der Waals surface area contributed by atoms with Crippen molar-refractivity contribution in [1.82, 2.24) is 0 Å². The summed E-state index contributed by atoms with van der Waals surface area (Å²) in [7, 11) is -1.52. The van der Waals surface area contributed by atoms with Gasteiger partial charge in [0.1, 0.15) is 6.61 Å². The van der Waals surface area contributed by atoms with Crippen molar-refractivity contribution in [3.05, 3.63) is 0 Å². The third-order valence-corrected chi connectivity index (χ3v) is 1.98. The summed E-state index contributed by atoms with van der Waals surface area (Å²) in [6.45, 7) is 1.39. The second kappa shape index (κ2) is 3.68. The van der Waals surface area contributed by atoms with Crippen LogP contribution in [-0.4, -0.2) is 20.4 Å². The Kier molecular flexibility index (Phi) is 3.56. The molecular formula is C5H9O3P. The van der Waals surface area contributed by atoms with Crippen LogP contribution in [0.3, 0.4) is 0 Å². The van der Waals surface area contributed by atoms with Gasteiger partial charge < -0.3 is 4.52 Å². The van der Waals surface area contributed by atoms with Gasteiger partial charge in [-0.2, -0.15) is 0 Å². The van der Waals surface area contributed by atoms with Crippen molar-refractivity contribution in [3.63, 3.8) is 0 Å². The zero-order chi connectivity index (χ0) is 7.33. The minimum atomic E-state index is -2.83. The molecule has 0 bridgehead atoms. The molecule has 1 atom stereocenters. The minimum absolute atomic E-state index is 0.0294. The molecule has 0 aromatic rings. The Hall–Kier alpha value is -0.290. The molecule has 0 aliphatic carbocycles. The molecule has 9 heavy (non-hydrogen) atoms. The Bertz CT molecular complexity index is 158. The molecule has 0 fully saturated rings. The lowest BCUT2D eigenvalue weighted by molar-refractivity contribution is 0.264. The summed E-state index contributed by atoms with van der Waals surface area (Å²) < 4.78 is 19.9. The first-order valence-corrected chi connectivity index (χ1v) is 4.32. The average Bonchev–Trinajstić information content (AvgIpc) is 1.84. The number of rotatable bonds is 3. The van der Waals surface area contributed by atoms with Gasteiger partial charge in [-0.25, -0.2) is 0 Å². The van der Waals surface area contributed by atoms with E-state index in [1.807, 2.05) is 0 Å². The molecular weight excluding hydrogens is 139 g/mol. The summed E-state index contributed by atoms with van der Waals surface area (Å²) >= 11 is 0.